The van der Waals surface area contributed by atoms with E-state index in [1.54, 1.807) is 0 Å². The van der Waals surface area contributed by atoms with Crippen LogP contribution in [0.15, 0.2) is 18.2 Å². The molecule has 0 fully saturated rings. The van der Waals surface area contributed by atoms with Gasteiger partial charge < -0.3 is 9.47 Å². The third-order valence-electron chi connectivity index (χ3n) is 3.85. The van der Waals surface area contributed by atoms with E-state index in [1.165, 1.54) is 9.09 Å². The minimum absolute atomic E-state index is 0.0662. The number of nitrogens with zero attached hydrogens (tertiary/aromatic N) is 3. The lowest BCUT2D eigenvalue weighted by Crippen LogP contribution is -2.25. The lowest BCUT2D eigenvalue weighted by atomic mass is 10.3. The van der Waals surface area contributed by atoms with Gasteiger partial charge in [0.15, 0.2) is 0 Å². The van der Waals surface area contributed by atoms with Crippen molar-refractivity contribution in [2.45, 2.75) is 39.1 Å². The second-order valence-corrected chi connectivity index (χ2v) is 7.15. The molecule has 0 N–H and O–H groups in total. The first-order chi connectivity index (χ1) is 10.1. The number of aryl methyl sites for hydroxylation is 1. The zero-order valence-electron chi connectivity index (χ0n) is 12.9. The smallest absolute Gasteiger partial charge is 0.127 e. The molecular formula is C16H23ClIN3. The van der Waals surface area contributed by atoms with Gasteiger partial charge in [0.25, 0.3) is 0 Å². The molecule has 0 radical (unpaired) electrons. The molecule has 21 heavy (non-hydrogen) atoms. The first kappa shape index (κ1) is 17.0. The van der Waals surface area contributed by atoms with Crippen LogP contribution in [0.3, 0.4) is 0 Å². The largest absolute Gasteiger partial charge is 0.327 e. The normalized spacial score (nSPS) is 13.2. The second-order valence-electron chi connectivity index (χ2n) is 5.25. The van der Waals surface area contributed by atoms with E-state index in [0.717, 1.165) is 43.9 Å². The zero-order valence-corrected chi connectivity index (χ0v) is 15.9. The fourth-order valence-corrected chi connectivity index (χ4v) is 3.29. The molecular weight excluding hydrogens is 397 g/mol. The molecule has 0 bridgehead atoms. The van der Waals surface area contributed by atoms with Gasteiger partial charge in [0.1, 0.15) is 5.82 Å². The van der Waals surface area contributed by atoms with Crippen LogP contribution in [0.1, 0.15) is 38.4 Å². The first-order valence-electron chi connectivity index (χ1n) is 7.58. The minimum Gasteiger partial charge on any atom is -0.327 e. The van der Waals surface area contributed by atoms with Crippen LogP contribution in [0.4, 0.5) is 0 Å². The maximum atomic E-state index is 6.32. The third-order valence-corrected chi connectivity index (χ3v) is 4.71. The van der Waals surface area contributed by atoms with E-state index < -0.39 is 0 Å². The predicted molar refractivity (Wildman–Crippen MR) is 99.1 cm³/mol. The number of hydrogen-bond donors (Lipinski definition) is 0. The van der Waals surface area contributed by atoms with Gasteiger partial charge in [-0.3, -0.25) is 0 Å². The maximum Gasteiger partial charge on any atom is 0.127 e. The molecule has 0 aliphatic rings. The molecule has 0 aliphatic carbocycles. The van der Waals surface area contributed by atoms with Crippen molar-refractivity contribution in [1.82, 2.24) is 14.5 Å². The number of alkyl halides is 1. The van der Waals surface area contributed by atoms with E-state index in [0.29, 0.717) is 0 Å². The second kappa shape index (κ2) is 7.79. The summed E-state index contributed by atoms with van der Waals surface area (Å²) in [6.45, 7) is 10.7. The van der Waals surface area contributed by atoms with Crippen LogP contribution in [-0.2, 0) is 6.54 Å². The summed E-state index contributed by atoms with van der Waals surface area (Å²) in [5.74, 6) is 0.980. The van der Waals surface area contributed by atoms with E-state index >= 15 is 0 Å². The van der Waals surface area contributed by atoms with Crippen LogP contribution in [0, 0.1) is 3.57 Å². The van der Waals surface area contributed by atoms with Crippen LogP contribution in [0.5, 0.6) is 0 Å². The fourth-order valence-electron chi connectivity index (χ4n) is 2.65. The lowest BCUT2D eigenvalue weighted by molar-refractivity contribution is 0.293. The van der Waals surface area contributed by atoms with Gasteiger partial charge in [0, 0.05) is 10.1 Å². The van der Waals surface area contributed by atoms with Crippen molar-refractivity contribution in [2.24, 2.45) is 0 Å². The lowest BCUT2D eigenvalue weighted by Gasteiger charge is -2.18. The Hall–Kier alpha value is -0.330. The average Bonchev–Trinajstić information content (AvgIpc) is 2.81. The summed E-state index contributed by atoms with van der Waals surface area (Å²) in [6, 6.07) is 6.41. The van der Waals surface area contributed by atoms with Crippen molar-refractivity contribution < 1.29 is 0 Å². The zero-order chi connectivity index (χ0) is 15.4. The quantitative estimate of drug-likeness (QED) is 0.480. The van der Waals surface area contributed by atoms with Crippen LogP contribution in [0.2, 0.25) is 0 Å². The maximum absolute atomic E-state index is 6.32. The van der Waals surface area contributed by atoms with Crippen LogP contribution in [0.25, 0.3) is 11.0 Å². The van der Waals surface area contributed by atoms with Gasteiger partial charge in [-0.15, -0.1) is 11.6 Å². The molecule has 3 nitrogen and oxygen atoms in total. The highest BCUT2D eigenvalue weighted by atomic mass is 127. The van der Waals surface area contributed by atoms with Crippen LogP contribution >= 0.6 is 34.2 Å². The Morgan fingerprint density at radius 3 is 2.67 bits per heavy atom. The van der Waals surface area contributed by atoms with Gasteiger partial charge in [-0.1, -0.05) is 13.8 Å². The Morgan fingerprint density at radius 1 is 1.33 bits per heavy atom. The number of halogens is 2. The molecule has 2 rings (SSSR count). The number of rotatable bonds is 7. The van der Waals surface area contributed by atoms with Crippen molar-refractivity contribution in [3.63, 3.8) is 0 Å². The number of aromatic nitrogens is 2. The molecule has 116 valence electrons. The molecule has 2 aromatic rings. The Labute approximate surface area is 145 Å². The van der Waals surface area contributed by atoms with Crippen molar-refractivity contribution in [3.05, 3.63) is 27.6 Å². The summed E-state index contributed by atoms with van der Waals surface area (Å²) in [5, 5.41) is -0.0662. The monoisotopic (exact) mass is 419 g/mol. The Bertz CT molecular complexity index is 590. The molecule has 0 spiro atoms. The molecule has 0 saturated heterocycles. The summed E-state index contributed by atoms with van der Waals surface area (Å²) < 4.78 is 3.49. The highest BCUT2D eigenvalue weighted by Crippen LogP contribution is 2.26. The Balaban J connectivity index is 2.22. The SMILES string of the molecule is CCN(CC)CCCn1c(C(C)Cl)nc2cc(I)ccc21. The molecule has 0 saturated carbocycles. The molecule has 1 unspecified atom stereocenters. The van der Waals surface area contributed by atoms with E-state index in [2.05, 4.69) is 64.1 Å². The molecule has 1 aromatic carbocycles. The highest BCUT2D eigenvalue weighted by Gasteiger charge is 2.15. The predicted octanol–water partition coefficient (Wildman–Crippen LogP) is 4.67. The van der Waals surface area contributed by atoms with Gasteiger partial charge in [0.2, 0.25) is 0 Å². The third kappa shape index (κ3) is 4.11. The average molecular weight is 420 g/mol. The van der Waals surface area contributed by atoms with Gasteiger partial charge in [-0.2, -0.15) is 0 Å². The van der Waals surface area contributed by atoms with Crippen molar-refractivity contribution >= 4 is 45.2 Å². The molecule has 1 aromatic heterocycles. The summed E-state index contributed by atoms with van der Waals surface area (Å²) in [5.41, 5.74) is 2.24. The summed E-state index contributed by atoms with van der Waals surface area (Å²) in [6.07, 6.45) is 1.12. The van der Waals surface area contributed by atoms with E-state index in [1.807, 2.05) is 6.92 Å². The molecule has 0 aliphatic heterocycles. The van der Waals surface area contributed by atoms with E-state index in [4.69, 9.17) is 16.6 Å². The van der Waals surface area contributed by atoms with Gasteiger partial charge in [0.05, 0.1) is 16.4 Å². The van der Waals surface area contributed by atoms with E-state index in [-0.39, 0.29) is 5.38 Å². The van der Waals surface area contributed by atoms with Crippen molar-refractivity contribution in [1.29, 1.82) is 0 Å². The summed E-state index contributed by atoms with van der Waals surface area (Å²) in [7, 11) is 0. The number of hydrogen-bond acceptors (Lipinski definition) is 2. The van der Waals surface area contributed by atoms with Crippen LogP contribution in [-0.4, -0.2) is 34.1 Å². The van der Waals surface area contributed by atoms with Crippen molar-refractivity contribution in [3.8, 4) is 0 Å². The van der Waals surface area contributed by atoms with Gasteiger partial charge in [-0.05, 0) is 73.8 Å². The first-order valence-corrected chi connectivity index (χ1v) is 9.10. The highest BCUT2D eigenvalue weighted by molar-refractivity contribution is 14.1. The summed E-state index contributed by atoms with van der Waals surface area (Å²) >= 11 is 8.64. The fraction of sp³-hybridized carbons (Fsp3) is 0.562. The van der Waals surface area contributed by atoms with Gasteiger partial charge in [-0.25, -0.2) is 4.98 Å². The molecule has 1 atom stereocenters. The topological polar surface area (TPSA) is 21.1 Å². The van der Waals surface area contributed by atoms with E-state index in [9.17, 15) is 0 Å². The number of fused-ring (bicyclic) bond motifs is 1. The Morgan fingerprint density at radius 2 is 2.05 bits per heavy atom. The summed E-state index contributed by atoms with van der Waals surface area (Å²) in [4.78, 5) is 7.17. The van der Waals surface area contributed by atoms with Crippen molar-refractivity contribution in [2.75, 3.05) is 19.6 Å². The number of benzene rings is 1. The molecule has 5 heteroatoms. The molecule has 1 heterocycles. The number of imidazole rings is 1. The van der Waals surface area contributed by atoms with Gasteiger partial charge >= 0.3 is 0 Å². The van der Waals surface area contributed by atoms with Crippen LogP contribution < -0.4 is 0 Å². The minimum atomic E-state index is -0.0662. The molecule has 0 amide bonds. The standard InChI is InChI=1S/C16H23ClIN3/c1-4-20(5-2)9-6-10-21-15-8-7-13(18)11-14(15)19-16(21)12(3)17/h7-8,11-12H,4-6,9-10H2,1-3H3. The Kier molecular flexibility index (Phi) is 6.32.